The Labute approximate surface area is 163 Å². The van der Waals surface area contributed by atoms with Gasteiger partial charge in [-0.15, -0.1) is 0 Å². The minimum absolute atomic E-state index is 0.0888. The minimum atomic E-state index is -3.48. The summed E-state index contributed by atoms with van der Waals surface area (Å²) in [5, 5.41) is 4.48. The highest BCUT2D eigenvalue weighted by Crippen LogP contribution is 2.39. The van der Waals surface area contributed by atoms with Crippen LogP contribution in [0.2, 0.25) is 0 Å². The molecule has 0 radical (unpaired) electrons. The third-order valence-electron chi connectivity index (χ3n) is 4.67. The van der Waals surface area contributed by atoms with E-state index in [0.717, 1.165) is 29.9 Å². The van der Waals surface area contributed by atoms with Crippen molar-refractivity contribution in [2.45, 2.75) is 31.1 Å². The molecule has 146 valence electrons. The van der Waals surface area contributed by atoms with Gasteiger partial charge < -0.3 is 0 Å². The third-order valence-corrected chi connectivity index (χ3v) is 6.02. The number of nitrogens with zero attached hydrogens (tertiary/aromatic N) is 3. The van der Waals surface area contributed by atoms with Gasteiger partial charge in [0.25, 0.3) is 0 Å². The summed E-state index contributed by atoms with van der Waals surface area (Å²) < 4.78 is 30.1. The molecule has 0 atom stereocenters. The Hall–Kier alpha value is -2.71. The van der Waals surface area contributed by atoms with Gasteiger partial charge in [-0.05, 0) is 30.5 Å². The van der Waals surface area contributed by atoms with E-state index >= 15 is 0 Å². The van der Waals surface area contributed by atoms with Gasteiger partial charge in [0.05, 0.1) is 18.0 Å². The van der Waals surface area contributed by atoms with E-state index in [0.29, 0.717) is 5.92 Å². The van der Waals surface area contributed by atoms with Crippen molar-refractivity contribution in [2.24, 2.45) is 0 Å². The second kappa shape index (κ2) is 7.73. The van der Waals surface area contributed by atoms with Crippen LogP contribution >= 0.6 is 0 Å². The van der Waals surface area contributed by atoms with Gasteiger partial charge in [0.1, 0.15) is 5.82 Å². The Balaban J connectivity index is 1.48. The molecule has 4 rings (SSSR count). The van der Waals surface area contributed by atoms with E-state index in [2.05, 4.69) is 9.82 Å². The van der Waals surface area contributed by atoms with Crippen LogP contribution in [0.1, 0.15) is 30.1 Å². The average Bonchev–Trinajstić information content (AvgIpc) is 3.48. The van der Waals surface area contributed by atoms with Crippen LogP contribution in [0.15, 0.2) is 65.5 Å². The van der Waals surface area contributed by atoms with E-state index < -0.39 is 10.0 Å². The van der Waals surface area contributed by atoms with Gasteiger partial charge in [0.15, 0.2) is 0 Å². The number of para-hydroxylation sites is 1. The molecular formula is C20H22N4O3S. The van der Waals surface area contributed by atoms with E-state index in [4.69, 9.17) is 0 Å². The predicted octanol–water partition coefficient (Wildman–Crippen LogP) is 2.03. The van der Waals surface area contributed by atoms with E-state index in [-0.39, 0.29) is 24.5 Å². The van der Waals surface area contributed by atoms with Crippen molar-refractivity contribution >= 4 is 10.0 Å². The summed E-state index contributed by atoms with van der Waals surface area (Å²) in [5.41, 5.74) is 1.26. The van der Waals surface area contributed by atoms with Crippen molar-refractivity contribution in [1.82, 2.24) is 19.1 Å². The summed E-state index contributed by atoms with van der Waals surface area (Å²) in [6, 6.07) is 18.4. The van der Waals surface area contributed by atoms with Crippen molar-refractivity contribution in [3.05, 3.63) is 82.5 Å². The molecular weight excluding hydrogens is 376 g/mol. The second-order valence-corrected chi connectivity index (χ2v) is 8.76. The maximum absolute atomic E-state index is 12.9. The summed E-state index contributed by atoms with van der Waals surface area (Å²) in [6.45, 7) is 0.303. The fourth-order valence-electron chi connectivity index (χ4n) is 3.15. The molecule has 1 aromatic heterocycles. The molecule has 0 saturated heterocycles. The summed E-state index contributed by atoms with van der Waals surface area (Å²) in [5.74, 6) is 0.960. The van der Waals surface area contributed by atoms with Gasteiger partial charge in [-0.2, -0.15) is 5.10 Å². The lowest BCUT2D eigenvalue weighted by Crippen LogP contribution is -2.32. The Morgan fingerprint density at radius 2 is 1.64 bits per heavy atom. The molecule has 7 nitrogen and oxygen atoms in total. The molecule has 8 heteroatoms. The Morgan fingerprint density at radius 1 is 1.00 bits per heavy atom. The average molecular weight is 398 g/mol. The smallest absolute Gasteiger partial charge is 0.247 e. The Morgan fingerprint density at radius 3 is 2.29 bits per heavy atom. The number of hydrogen-bond acceptors (Lipinski definition) is 4. The minimum Gasteiger partial charge on any atom is -0.247 e. The summed E-state index contributed by atoms with van der Waals surface area (Å²) in [4.78, 5) is 12.9. The van der Waals surface area contributed by atoms with Gasteiger partial charge in [0.2, 0.25) is 10.0 Å². The molecule has 2 aromatic carbocycles. The number of hydrogen-bond donors (Lipinski definition) is 1. The Bertz CT molecular complexity index is 1100. The van der Waals surface area contributed by atoms with Crippen molar-refractivity contribution < 1.29 is 8.42 Å². The van der Waals surface area contributed by atoms with Crippen molar-refractivity contribution in [3.8, 4) is 5.69 Å². The van der Waals surface area contributed by atoms with Gasteiger partial charge in [-0.3, -0.25) is 0 Å². The molecule has 1 fully saturated rings. The van der Waals surface area contributed by atoms with Crippen LogP contribution in [-0.4, -0.2) is 29.3 Å². The predicted molar refractivity (Wildman–Crippen MR) is 107 cm³/mol. The maximum atomic E-state index is 12.9. The highest BCUT2D eigenvalue weighted by atomic mass is 32.2. The van der Waals surface area contributed by atoms with Gasteiger partial charge >= 0.3 is 5.69 Å². The van der Waals surface area contributed by atoms with Crippen molar-refractivity contribution in [3.63, 3.8) is 0 Å². The van der Waals surface area contributed by atoms with Gasteiger partial charge in [-0.1, -0.05) is 48.5 Å². The first-order valence-corrected chi connectivity index (χ1v) is 11.0. The molecule has 0 amide bonds. The zero-order chi connectivity index (χ0) is 19.6. The number of nitrogens with one attached hydrogen (secondary N) is 1. The van der Waals surface area contributed by atoms with Crippen LogP contribution in [-0.2, 0) is 22.3 Å². The summed E-state index contributed by atoms with van der Waals surface area (Å²) in [7, 11) is -3.48. The van der Waals surface area contributed by atoms with Crippen LogP contribution in [0.4, 0.5) is 0 Å². The van der Waals surface area contributed by atoms with Crippen LogP contribution in [0, 0.1) is 0 Å². The largest absolute Gasteiger partial charge is 0.350 e. The molecule has 1 saturated carbocycles. The van der Waals surface area contributed by atoms with Crippen LogP contribution in [0.5, 0.6) is 0 Å². The first-order chi connectivity index (χ1) is 13.5. The zero-order valence-electron chi connectivity index (χ0n) is 15.4. The molecule has 1 heterocycles. The molecule has 1 aliphatic rings. The molecule has 0 bridgehead atoms. The summed E-state index contributed by atoms with van der Waals surface area (Å²) >= 11 is 0. The first kappa shape index (κ1) is 18.6. The molecule has 1 N–H and O–H groups in total. The maximum Gasteiger partial charge on any atom is 0.350 e. The van der Waals surface area contributed by atoms with Gasteiger partial charge in [-0.25, -0.2) is 27.2 Å². The molecule has 0 aliphatic heterocycles. The monoisotopic (exact) mass is 398 g/mol. The lowest BCUT2D eigenvalue weighted by Gasteiger charge is -2.06. The van der Waals surface area contributed by atoms with E-state index in [1.54, 1.807) is 28.8 Å². The Kier molecular flexibility index (Phi) is 5.15. The van der Waals surface area contributed by atoms with E-state index in [9.17, 15) is 13.2 Å². The van der Waals surface area contributed by atoms with E-state index in [1.165, 1.54) is 4.68 Å². The number of sulfonamides is 1. The molecule has 28 heavy (non-hydrogen) atoms. The number of aromatic nitrogens is 3. The third kappa shape index (κ3) is 4.23. The van der Waals surface area contributed by atoms with Crippen LogP contribution in [0.3, 0.4) is 0 Å². The summed E-state index contributed by atoms with van der Waals surface area (Å²) in [6.07, 6.45) is 2.04. The fourth-order valence-corrected chi connectivity index (χ4v) is 4.28. The molecule has 0 spiro atoms. The highest BCUT2D eigenvalue weighted by molar-refractivity contribution is 7.88. The SMILES string of the molecule is O=c1n(CCNS(=O)(=O)Cc2ccccc2)nc(C2CC2)n1-c1ccccc1. The molecule has 0 unspecified atom stereocenters. The highest BCUT2D eigenvalue weighted by Gasteiger charge is 2.31. The van der Waals surface area contributed by atoms with Crippen molar-refractivity contribution in [2.75, 3.05) is 6.54 Å². The lowest BCUT2D eigenvalue weighted by molar-refractivity contribution is 0.550. The second-order valence-electron chi connectivity index (χ2n) is 6.95. The number of rotatable bonds is 8. The molecule has 3 aromatic rings. The van der Waals surface area contributed by atoms with Crippen LogP contribution < -0.4 is 10.4 Å². The standard InChI is InChI=1S/C20H22N4O3S/c25-20-23(14-13-21-28(26,27)15-16-7-3-1-4-8-16)22-19(17-11-12-17)24(20)18-9-5-2-6-10-18/h1-10,17,21H,11-15H2. The fraction of sp³-hybridized carbons (Fsp3) is 0.300. The van der Waals surface area contributed by atoms with E-state index in [1.807, 2.05) is 36.4 Å². The topological polar surface area (TPSA) is 86.0 Å². The first-order valence-electron chi connectivity index (χ1n) is 9.30. The van der Waals surface area contributed by atoms with Gasteiger partial charge in [0, 0.05) is 12.5 Å². The molecule has 1 aliphatic carbocycles. The zero-order valence-corrected chi connectivity index (χ0v) is 16.2. The quantitative estimate of drug-likeness (QED) is 0.629. The van der Waals surface area contributed by atoms with Crippen molar-refractivity contribution in [1.29, 1.82) is 0 Å². The normalized spacial score (nSPS) is 14.3. The number of benzene rings is 2. The van der Waals surface area contributed by atoms with Crippen LogP contribution in [0.25, 0.3) is 5.69 Å². The lowest BCUT2D eigenvalue weighted by atomic mass is 10.2.